The second-order valence-electron chi connectivity index (χ2n) is 7.27. The molecule has 1 aliphatic rings. The van der Waals surface area contributed by atoms with Gasteiger partial charge in [-0.3, -0.25) is 4.79 Å². The van der Waals surface area contributed by atoms with Crippen LogP contribution >= 0.6 is 0 Å². The molecule has 0 saturated carbocycles. The standard InChI is InChI=1S/C22H28N2O/c1-17-2-4-18(5-3-17)6-7-19-12-14-24(15-13-19)22(25)16-20-8-10-21(23)11-9-20/h2-5,8-11,19H,6-7,12-16,23H2,1H3. The molecule has 0 radical (unpaired) electrons. The zero-order valence-corrected chi connectivity index (χ0v) is 15.1. The Morgan fingerprint density at radius 1 is 1.00 bits per heavy atom. The van der Waals surface area contributed by atoms with Crippen LogP contribution in [0.25, 0.3) is 0 Å². The van der Waals surface area contributed by atoms with Gasteiger partial charge < -0.3 is 10.6 Å². The molecule has 3 heteroatoms. The third kappa shape index (κ3) is 5.09. The molecule has 1 heterocycles. The monoisotopic (exact) mass is 336 g/mol. The molecule has 0 spiro atoms. The number of rotatable bonds is 5. The van der Waals surface area contributed by atoms with Crippen LogP contribution in [0.2, 0.25) is 0 Å². The van der Waals surface area contributed by atoms with E-state index in [1.807, 2.05) is 29.2 Å². The zero-order valence-electron chi connectivity index (χ0n) is 15.1. The van der Waals surface area contributed by atoms with E-state index < -0.39 is 0 Å². The SMILES string of the molecule is Cc1ccc(CCC2CCN(C(=O)Cc3ccc(N)cc3)CC2)cc1. The number of likely N-dealkylation sites (tertiary alicyclic amines) is 1. The molecule has 132 valence electrons. The van der Waals surface area contributed by atoms with E-state index >= 15 is 0 Å². The van der Waals surface area contributed by atoms with Crippen molar-refractivity contribution >= 4 is 11.6 Å². The Morgan fingerprint density at radius 2 is 1.60 bits per heavy atom. The third-order valence-corrected chi connectivity index (χ3v) is 5.26. The summed E-state index contributed by atoms with van der Waals surface area (Å²) in [6.45, 7) is 3.92. The van der Waals surface area contributed by atoms with E-state index in [1.165, 1.54) is 17.5 Å². The van der Waals surface area contributed by atoms with Crippen molar-refractivity contribution in [2.75, 3.05) is 18.8 Å². The van der Waals surface area contributed by atoms with Crippen molar-refractivity contribution < 1.29 is 4.79 Å². The van der Waals surface area contributed by atoms with Crippen molar-refractivity contribution in [1.29, 1.82) is 0 Å². The molecule has 2 N–H and O–H groups in total. The first-order valence-electron chi connectivity index (χ1n) is 9.28. The average molecular weight is 336 g/mol. The number of nitrogens with two attached hydrogens (primary N) is 1. The molecule has 25 heavy (non-hydrogen) atoms. The van der Waals surface area contributed by atoms with E-state index in [9.17, 15) is 4.79 Å². The number of hydrogen-bond donors (Lipinski definition) is 1. The minimum atomic E-state index is 0.238. The molecule has 0 aromatic heterocycles. The van der Waals surface area contributed by atoms with Gasteiger partial charge in [-0.15, -0.1) is 0 Å². The molecule has 1 fully saturated rings. The van der Waals surface area contributed by atoms with E-state index in [4.69, 9.17) is 5.73 Å². The molecule has 2 aromatic rings. The third-order valence-electron chi connectivity index (χ3n) is 5.26. The van der Waals surface area contributed by atoms with Gasteiger partial charge >= 0.3 is 0 Å². The van der Waals surface area contributed by atoms with Crippen LogP contribution in [0.3, 0.4) is 0 Å². The number of nitrogen functional groups attached to an aromatic ring is 1. The van der Waals surface area contributed by atoms with Crippen molar-refractivity contribution in [1.82, 2.24) is 4.90 Å². The molecule has 1 aliphatic heterocycles. The summed E-state index contributed by atoms with van der Waals surface area (Å²) in [4.78, 5) is 14.5. The first kappa shape index (κ1) is 17.5. The van der Waals surface area contributed by atoms with Gasteiger partial charge in [0.1, 0.15) is 0 Å². The fraction of sp³-hybridized carbons (Fsp3) is 0.409. The predicted molar refractivity (Wildman–Crippen MR) is 103 cm³/mol. The van der Waals surface area contributed by atoms with E-state index in [0.29, 0.717) is 6.42 Å². The van der Waals surface area contributed by atoms with Crippen molar-refractivity contribution in [3.63, 3.8) is 0 Å². The lowest BCUT2D eigenvalue weighted by molar-refractivity contribution is -0.131. The summed E-state index contributed by atoms with van der Waals surface area (Å²) >= 11 is 0. The molecule has 3 rings (SSSR count). The summed E-state index contributed by atoms with van der Waals surface area (Å²) in [7, 11) is 0. The summed E-state index contributed by atoms with van der Waals surface area (Å²) in [5, 5.41) is 0. The number of carbonyl (C=O) groups is 1. The van der Waals surface area contributed by atoms with Crippen LogP contribution in [0, 0.1) is 12.8 Å². The topological polar surface area (TPSA) is 46.3 Å². The second kappa shape index (κ2) is 8.19. The maximum absolute atomic E-state index is 12.5. The summed E-state index contributed by atoms with van der Waals surface area (Å²) in [6, 6.07) is 16.5. The normalized spacial score (nSPS) is 15.3. The Kier molecular flexibility index (Phi) is 5.75. The Labute approximate surface area is 150 Å². The van der Waals surface area contributed by atoms with Gasteiger partial charge in [-0.25, -0.2) is 0 Å². The molecule has 2 aromatic carbocycles. The van der Waals surface area contributed by atoms with Gasteiger partial charge in [0.25, 0.3) is 0 Å². The van der Waals surface area contributed by atoms with Crippen LogP contribution in [-0.2, 0) is 17.6 Å². The van der Waals surface area contributed by atoms with E-state index in [1.54, 1.807) is 0 Å². The quantitative estimate of drug-likeness (QED) is 0.839. The maximum Gasteiger partial charge on any atom is 0.226 e. The molecule has 0 unspecified atom stereocenters. The lowest BCUT2D eigenvalue weighted by Crippen LogP contribution is -2.39. The molecular formula is C22H28N2O. The predicted octanol–water partition coefficient (Wildman–Crippen LogP) is 3.99. The number of anilines is 1. The fourth-order valence-electron chi connectivity index (χ4n) is 3.52. The first-order valence-corrected chi connectivity index (χ1v) is 9.28. The number of aryl methyl sites for hydroxylation is 2. The number of benzene rings is 2. The van der Waals surface area contributed by atoms with Gasteiger partial charge in [-0.05, 0) is 61.8 Å². The van der Waals surface area contributed by atoms with Crippen LogP contribution in [-0.4, -0.2) is 23.9 Å². The highest BCUT2D eigenvalue weighted by Crippen LogP contribution is 2.23. The molecule has 0 atom stereocenters. The Bertz CT molecular complexity index is 683. The van der Waals surface area contributed by atoms with Crippen molar-refractivity contribution in [3.8, 4) is 0 Å². The highest BCUT2D eigenvalue weighted by Gasteiger charge is 2.22. The van der Waals surface area contributed by atoms with Gasteiger partial charge in [0.05, 0.1) is 6.42 Å². The van der Waals surface area contributed by atoms with Gasteiger partial charge in [0.2, 0.25) is 5.91 Å². The Balaban J connectivity index is 1.42. The smallest absolute Gasteiger partial charge is 0.226 e. The summed E-state index contributed by atoms with van der Waals surface area (Å²) < 4.78 is 0. The molecule has 1 saturated heterocycles. The van der Waals surface area contributed by atoms with Crippen LogP contribution < -0.4 is 5.73 Å². The van der Waals surface area contributed by atoms with Crippen molar-refractivity contribution in [2.45, 2.75) is 39.0 Å². The van der Waals surface area contributed by atoms with E-state index in [2.05, 4.69) is 31.2 Å². The maximum atomic E-state index is 12.5. The van der Waals surface area contributed by atoms with Gasteiger partial charge in [0.15, 0.2) is 0 Å². The van der Waals surface area contributed by atoms with E-state index in [-0.39, 0.29) is 5.91 Å². The summed E-state index contributed by atoms with van der Waals surface area (Å²) in [5.41, 5.74) is 10.2. The van der Waals surface area contributed by atoms with Gasteiger partial charge in [-0.1, -0.05) is 42.0 Å². The van der Waals surface area contributed by atoms with Crippen LogP contribution in [0.5, 0.6) is 0 Å². The molecule has 0 aliphatic carbocycles. The Hall–Kier alpha value is -2.29. The van der Waals surface area contributed by atoms with Crippen molar-refractivity contribution in [2.24, 2.45) is 5.92 Å². The largest absolute Gasteiger partial charge is 0.399 e. The zero-order chi connectivity index (χ0) is 17.6. The molecule has 3 nitrogen and oxygen atoms in total. The number of carbonyl (C=O) groups excluding carboxylic acids is 1. The number of hydrogen-bond acceptors (Lipinski definition) is 2. The minimum Gasteiger partial charge on any atom is -0.399 e. The highest BCUT2D eigenvalue weighted by atomic mass is 16.2. The molecular weight excluding hydrogens is 308 g/mol. The molecule has 0 bridgehead atoms. The lowest BCUT2D eigenvalue weighted by atomic mass is 9.90. The van der Waals surface area contributed by atoms with Crippen LogP contribution in [0.1, 0.15) is 36.0 Å². The van der Waals surface area contributed by atoms with Crippen LogP contribution in [0.4, 0.5) is 5.69 Å². The van der Waals surface area contributed by atoms with Crippen molar-refractivity contribution in [3.05, 3.63) is 65.2 Å². The molecule has 1 amide bonds. The Morgan fingerprint density at radius 3 is 2.24 bits per heavy atom. The summed E-state index contributed by atoms with van der Waals surface area (Å²) in [6.07, 6.45) is 5.10. The van der Waals surface area contributed by atoms with E-state index in [0.717, 1.165) is 49.5 Å². The van der Waals surface area contributed by atoms with Gasteiger partial charge in [-0.2, -0.15) is 0 Å². The average Bonchev–Trinajstić information content (AvgIpc) is 2.63. The number of nitrogens with zero attached hydrogens (tertiary/aromatic N) is 1. The fourth-order valence-corrected chi connectivity index (χ4v) is 3.52. The highest BCUT2D eigenvalue weighted by molar-refractivity contribution is 5.79. The second-order valence-corrected chi connectivity index (χ2v) is 7.27. The first-order chi connectivity index (χ1) is 12.1. The number of piperidine rings is 1. The minimum absolute atomic E-state index is 0.238. The van der Waals surface area contributed by atoms with Crippen LogP contribution in [0.15, 0.2) is 48.5 Å². The summed E-state index contributed by atoms with van der Waals surface area (Å²) in [5.74, 6) is 0.976. The van der Waals surface area contributed by atoms with Gasteiger partial charge in [0, 0.05) is 18.8 Å². The lowest BCUT2D eigenvalue weighted by Gasteiger charge is -2.32. The number of amides is 1.